The summed E-state index contributed by atoms with van der Waals surface area (Å²) in [7, 11) is 0. The third-order valence-electron chi connectivity index (χ3n) is 4.34. The van der Waals surface area contributed by atoms with Crippen LogP contribution in [-0.4, -0.2) is 59.7 Å². The van der Waals surface area contributed by atoms with E-state index in [0.717, 1.165) is 25.8 Å². The first-order valence-electron chi connectivity index (χ1n) is 7.52. The van der Waals surface area contributed by atoms with Crippen LogP contribution in [0.2, 0.25) is 0 Å². The predicted molar refractivity (Wildman–Crippen MR) is 71.7 cm³/mol. The molecule has 0 bridgehead atoms. The zero-order chi connectivity index (χ0) is 14.1. The van der Waals surface area contributed by atoms with Crippen LogP contribution in [0.25, 0.3) is 0 Å². The molecule has 1 unspecified atom stereocenters. The fourth-order valence-electron chi connectivity index (χ4n) is 2.97. The van der Waals surface area contributed by atoms with Crippen molar-refractivity contribution < 1.29 is 14.4 Å². The lowest BCUT2D eigenvalue weighted by Crippen LogP contribution is -2.46. The molecule has 1 atom stereocenters. The zero-order valence-electron chi connectivity index (χ0n) is 11.6. The van der Waals surface area contributed by atoms with Gasteiger partial charge in [-0.1, -0.05) is 0 Å². The molecule has 0 aromatic carbocycles. The van der Waals surface area contributed by atoms with Crippen LogP contribution in [0.4, 0.5) is 0 Å². The van der Waals surface area contributed by atoms with E-state index in [1.165, 1.54) is 0 Å². The van der Waals surface area contributed by atoms with Gasteiger partial charge in [-0.15, -0.1) is 0 Å². The molecule has 1 aliphatic carbocycles. The van der Waals surface area contributed by atoms with Crippen LogP contribution in [0.3, 0.4) is 0 Å². The van der Waals surface area contributed by atoms with E-state index in [0.29, 0.717) is 32.5 Å². The fraction of sp³-hybridized carbons (Fsp3) is 0.786. The van der Waals surface area contributed by atoms with E-state index < -0.39 is 0 Å². The molecule has 0 radical (unpaired) electrons. The molecule has 2 aliphatic heterocycles. The molecule has 3 amide bonds. The van der Waals surface area contributed by atoms with Crippen molar-refractivity contribution in [3.8, 4) is 0 Å². The standard InChI is InChI=1S/C14H21N3O3/c18-12-5-4-11(15-12)14(20)17-7-1-6-16(8-9-17)13(19)10-2-3-10/h10-11H,1-9H2,(H,15,18). The van der Waals surface area contributed by atoms with Crippen molar-refractivity contribution in [1.82, 2.24) is 15.1 Å². The summed E-state index contributed by atoms with van der Waals surface area (Å²) in [6.07, 6.45) is 3.90. The first-order valence-corrected chi connectivity index (χ1v) is 7.52. The van der Waals surface area contributed by atoms with Gasteiger partial charge in [0.05, 0.1) is 0 Å². The minimum absolute atomic E-state index is 0.0107. The first kappa shape index (κ1) is 13.4. The summed E-state index contributed by atoms with van der Waals surface area (Å²) in [5, 5.41) is 2.72. The van der Waals surface area contributed by atoms with Gasteiger partial charge in [0.2, 0.25) is 17.7 Å². The number of rotatable bonds is 2. The minimum Gasteiger partial charge on any atom is -0.344 e. The van der Waals surface area contributed by atoms with Crippen molar-refractivity contribution in [1.29, 1.82) is 0 Å². The van der Waals surface area contributed by atoms with E-state index in [2.05, 4.69) is 5.32 Å². The van der Waals surface area contributed by atoms with Crippen molar-refractivity contribution in [3.05, 3.63) is 0 Å². The van der Waals surface area contributed by atoms with Crippen LogP contribution >= 0.6 is 0 Å². The number of carbonyl (C=O) groups excluding carboxylic acids is 3. The summed E-state index contributed by atoms with van der Waals surface area (Å²) in [6.45, 7) is 2.64. The molecule has 110 valence electrons. The van der Waals surface area contributed by atoms with E-state index in [1.807, 2.05) is 4.90 Å². The van der Waals surface area contributed by atoms with Crippen LogP contribution in [-0.2, 0) is 14.4 Å². The molecule has 6 nitrogen and oxygen atoms in total. The van der Waals surface area contributed by atoms with Gasteiger partial charge in [-0.25, -0.2) is 0 Å². The van der Waals surface area contributed by atoms with Gasteiger partial charge >= 0.3 is 0 Å². The molecule has 0 spiro atoms. The number of hydrogen-bond donors (Lipinski definition) is 1. The van der Waals surface area contributed by atoms with Crippen molar-refractivity contribution in [2.24, 2.45) is 5.92 Å². The molecule has 3 aliphatic rings. The highest BCUT2D eigenvalue weighted by atomic mass is 16.2. The summed E-state index contributed by atoms with van der Waals surface area (Å²) in [4.78, 5) is 39.3. The van der Waals surface area contributed by atoms with Crippen molar-refractivity contribution in [3.63, 3.8) is 0 Å². The maximum absolute atomic E-state index is 12.3. The second-order valence-electron chi connectivity index (χ2n) is 5.94. The first-order chi connectivity index (χ1) is 9.65. The monoisotopic (exact) mass is 279 g/mol. The van der Waals surface area contributed by atoms with Crippen LogP contribution in [0, 0.1) is 5.92 Å². The predicted octanol–water partition coefficient (Wildman–Crippen LogP) is -0.264. The third kappa shape index (κ3) is 2.78. The average Bonchev–Trinajstić information content (AvgIpc) is 3.23. The fourth-order valence-corrected chi connectivity index (χ4v) is 2.97. The highest BCUT2D eigenvalue weighted by Gasteiger charge is 2.35. The molecule has 3 fully saturated rings. The summed E-state index contributed by atoms with van der Waals surface area (Å²) in [6, 6.07) is -0.354. The summed E-state index contributed by atoms with van der Waals surface area (Å²) in [5.74, 6) is 0.472. The molecule has 0 aromatic rings. The highest BCUT2D eigenvalue weighted by Crippen LogP contribution is 2.31. The average molecular weight is 279 g/mol. The summed E-state index contributed by atoms with van der Waals surface area (Å²) in [5.41, 5.74) is 0. The lowest BCUT2D eigenvalue weighted by Gasteiger charge is -2.24. The van der Waals surface area contributed by atoms with E-state index in [9.17, 15) is 14.4 Å². The molecule has 0 aromatic heterocycles. The topological polar surface area (TPSA) is 69.7 Å². The van der Waals surface area contributed by atoms with Crippen LogP contribution in [0.1, 0.15) is 32.1 Å². The van der Waals surface area contributed by atoms with Gasteiger partial charge in [0.25, 0.3) is 0 Å². The van der Waals surface area contributed by atoms with Gasteiger partial charge in [-0.05, 0) is 25.7 Å². The van der Waals surface area contributed by atoms with Gasteiger partial charge in [-0.3, -0.25) is 14.4 Å². The van der Waals surface area contributed by atoms with Crippen molar-refractivity contribution >= 4 is 17.7 Å². The van der Waals surface area contributed by atoms with Crippen molar-refractivity contribution in [2.75, 3.05) is 26.2 Å². The molecule has 3 rings (SSSR count). The van der Waals surface area contributed by atoms with Gasteiger partial charge in [0.15, 0.2) is 0 Å². The van der Waals surface area contributed by atoms with Crippen LogP contribution < -0.4 is 5.32 Å². The maximum atomic E-state index is 12.3. The Labute approximate surface area is 118 Å². The largest absolute Gasteiger partial charge is 0.344 e. The molecule has 20 heavy (non-hydrogen) atoms. The normalized spacial score (nSPS) is 27.2. The number of nitrogens with one attached hydrogen (secondary N) is 1. The summed E-state index contributed by atoms with van der Waals surface area (Å²) >= 11 is 0. The van der Waals surface area contributed by atoms with Crippen molar-refractivity contribution in [2.45, 2.75) is 38.1 Å². The number of nitrogens with zero attached hydrogens (tertiary/aromatic N) is 2. The van der Waals surface area contributed by atoms with E-state index in [-0.39, 0.29) is 29.7 Å². The Bertz CT molecular complexity index is 433. The van der Waals surface area contributed by atoms with Gasteiger partial charge in [0, 0.05) is 38.5 Å². The Morgan fingerprint density at radius 2 is 1.60 bits per heavy atom. The zero-order valence-corrected chi connectivity index (χ0v) is 11.6. The number of hydrogen-bond acceptors (Lipinski definition) is 3. The molecular weight excluding hydrogens is 258 g/mol. The van der Waals surface area contributed by atoms with E-state index >= 15 is 0 Å². The van der Waals surface area contributed by atoms with E-state index in [4.69, 9.17) is 0 Å². The molecule has 1 N–H and O–H groups in total. The number of carbonyl (C=O) groups is 3. The van der Waals surface area contributed by atoms with Gasteiger partial charge in [0.1, 0.15) is 6.04 Å². The Hall–Kier alpha value is -1.59. The van der Waals surface area contributed by atoms with Crippen LogP contribution in [0.15, 0.2) is 0 Å². The molecular formula is C14H21N3O3. The van der Waals surface area contributed by atoms with Crippen LogP contribution in [0.5, 0.6) is 0 Å². The molecule has 6 heteroatoms. The third-order valence-corrected chi connectivity index (χ3v) is 4.34. The quantitative estimate of drug-likeness (QED) is 0.757. The SMILES string of the molecule is O=C1CCC(C(=O)N2CCCN(C(=O)C3CC3)CC2)N1. The Kier molecular flexibility index (Phi) is 3.63. The second kappa shape index (κ2) is 5.42. The minimum atomic E-state index is -0.354. The molecule has 2 heterocycles. The highest BCUT2D eigenvalue weighted by molar-refractivity contribution is 5.91. The maximum Gasteiger partial charge on any atom is 0.245 e. The van der Waals surface area contributed by atoms with Gasteiger partial charge < -0.3 is 15.1 Å². The molecule has 2 saturated heterocycles. The smallest absolute Gasteiger partial charge is 0.245 e. The lowest BCUT2D eigenvalue weighted by molar-refractivity contribution is -0.135. The Balaban J connectivity index is 1.55. The second-order valence-corrected chi connectivity index (χ2v) is 5.94. The van der Waals surface area contributed by atoms with E-state index in [1.54, 1.807) is 4.90 Å². The Morgan fingerprint density at radius 1 is 0.950 bits per heavy atom. The Morgan fingerprint density at radius 3 is 2.15 bits per heavy atom. The number of amides is 3. The lowest BCUT2D eigenvalue weighted by atomic mass is 10.2. The van der Waals surface area contributed by atoms with Gasteiger partial charge in [-0.2, -0.15) is 0 Å². The molecule has 1 saturated carbocycles. The summed E-state index contributed by atoms with van der Waals surface area (Å²) < 4.78 is 0.